The van der Waals surface area contributed by atoms with Gasteiger partial charge in [0.15, 0.2) is 5.69 Å². The van der Waals surface area contributed by atoms with Gasteiger partial charge >= 0.3 is 18.3 Å². The van der Waals surface area contributed by atoms with Gasteiger partial charge in [0.1, 0.15) is 0 Å². The number of halogens is 7. The Morgan fingerprint density at radius 3 is 2.43 bits per heavy atom. The molecule has 2 heterocycles. The number of oxime groups is 1. The first-order valence-corrected chi connectivity index (χ1v) is 8.49. The Balaban J connectivity index is 2.05. The van der Waals surface area contributed by atoms with E-state index in [1.807, 2.05) is 0 Å². The van der Waals surface area contributed by atoms with Crippen LogP contribution in [0.2, 0.25) is 5.02 Å². The van der Waals surface area contributed by atoms with E-state index in [2.05, 4.69) is 15.0 Å². The zero-order chi connectivity index (χ0) is 22.5. The van der Waals surface area contributed by atoms with Crippen LogP contribution in [-0.4, -0.2) is 34.7 Å². The number of carbonyl (C=O) groups is 1. The van der Waals surface area contributed by atoms with Crippen molar-refractivity contribution in [1.82, 2.24) is 9.78 Å². The largest absolute Gasteiger partial charge is 0.465 e. The second kappa shape index (κ2) is 7.18. The fourth-order valence-electron chi connectivity index (χ4n) is 2.98. The second-order valence-corrected chi connectivity index (χ2v) is 6.76. The summed E-state index contributed by atoms with van der Waals surface area (Å²) >= 11 is 5.90. The van der Waals surface area contributed by atoms with Crippen molar-refractivity contribution in [1.29, 1.82) is 0 Å². The van der Waals surface area contributed by atoms with Gasteiger partial charge in [-0.25, -0.2) is 4.79 Å². The van der Waals surface area contributed by atoms with Gasteiger partial charge in [-0.05, 0) is 18.2 Å². The molecule has 0 N–H and O–H groups in total. The minimum Gasteiger partial charge on any atom is -0.465 e. The highest BCUT2D eigenvalue weighted by molar-refractivity contribution is 6.33. The normalized spacial score (nSPS) is 19.4. The van der Waals surface area contributed by atoms with Crippen LogP contribution in [0.3, 0.4) is 0 Å². The van der Waals surface area contributed by atoms with Crippen LogP contribution in [0.25, 0.3) is 0 Å². The zero-order valence-electron chi connectivity index (χ0n) is 15.2. The number of hydrogen-bond donors (Lipinski definition) is 0. The van der Waals surface area contributed by atoms with Crippen LogP contribution in [0.15, 0.2) is 29.4 Å². The number of ether oxygens (including phenoxy) is 1. The third-order valence-corrected chi connectivity index (χ3v) is 4.80. The molecule has 1 aromatic heterocycles. The minimum atomic E-state index is -5.13. The first kappa shape index (κ1) is 21.9. The molecule has 2 aromatic rings. The third kappa shape index (κ3) is 3.59. The van der Waals surface area contributed by atoms with Crippen molar-refractivity contribution in [3.8, 4) is 0 Å². The number of methoxy groups -OCH3 is 1. The van der Waals surface area contributed by atoms with Gasteiger partial charge in [-0.15, -0.1) is 0 Å². The van der Waals surface area contributed by atoms with E-state index in [4.69, 9.17) is 16.4 Å². The van der Waals surface area contributed by atoms with E-state index in [1.165, 1.54) is 12.1 Å². The van der Waals surface area contributed by atoms with E-state index >= 15 is 0 Å². The zero-order valence-corrected chi connectivity index (χ0v) is 16.0. The molecule has 0 fully saturated rings. The third-order valence-electron chi connectivity index (χ3n) is 4.47. The number of esters is 1. The van der Waals surface area contributed by atoms with E-state index in [-0.39, 0.29) is 27.9 Å². The summed E-state index contributed by atoms with van der Waals surface area (Å²) in [4.78, 5) is 16.5. The number of carbonyl (C=O) groups excluding carboxylic acids is 1. The van der Waals surface area contributed by atoms with Crippen LogP contribution in [0, 0.1) is 0 Å². The molecule has 1 atom stereocenters. The molecule has 0 bridgehead atoms. The predicted molar refractivity (Wildman–Crippen MR) is 91.0 cm³/mol. The topological polar surface area (TPSA) is 65.7 Å². The van der Waals surface area contributed by atoms with Gasteiger partial charge in [0.05, 0.1) is 35.5 Å². The van der Waals surface area contributed by atoms with Crippen LogP contribution >= 0.6 is 11.6 Å². The molecule has 1 aromatic carbocycles. The summed E-state index contributed by atoms with van der Waals surface area (Å²) in [5.74, 6) is -0.829. The SMILES string of the molecule is COC(=O)c1cc(C2=NOC(c3cc(C(F)(F)F)nn3C)(C(F)(F)F)C2)ccc1Cl. The Morgan fingerprint density at radius 1 is 1.23 bits per heavy atom. The predicted octanol–water partition coefficient (Wildman–Crippen LogP) is 4.46. The molecule has 0 spiro atoms. The molecule has 6 nitrogen and oxygen atoms in total. The average molecular weight is 456 g/mol. The number of benzene rings is 1. The molecule has 30 heavy (non-hydrogen) atoms. The van der Waals surface area contributed by atoms with Crippen molar-refractivity contribution in [2.24, 2.45) is 12.2 Å². The van der Waals surface area contributed by atoms with Gasteiger partial charge in [0.25, 0.3) is 5.60 Å². The van der Waals surface area contributed by atoms with Crippen LogP contribution in [0.1, 0.15) is 33.7 Å². The second-order valence-electron chi connectivity index (χ2n) is 6.35. The highest BCUT2D eigenvalue weighted by atomic mass is 35.5. The molecule has 0 radical (unpaired) electrons. The lowest BCUT2D eigenvalue weighted by atomic mass is 9.89. The molecule has 3 rings (SSSR count). The first-order chi connectivity index (χ1) is 13.8. The molecule has 1 aliphatic rings. The number of nitrogens with zero attached hydrogens (tertiary/aromatic N) is 3. The van der Waals surface area contributed by atoms with Gasteiger partial charge in [-0.1, -0.05) is 22.8 Å². The Labute approximate surface area is 170 Å². The lowest BCUT2D eigenvalue weighted by Crippen LogP contribution is -2.44. The molecule has 1 aliphatic heterocycles. The van der Waals surface area contributed by atoms with Gasteiger partial charge in [0, 0.05) is 12.6 Å². The Kier molecular flexibility index (Phi) is 5.25. The number of rotatable bonds is 3. The summed E-state index contributed by atoms with van der Waals surface area (Å²) < 4.78 is 85.8. The number of alkyl halides is 6. The van der Waals surface area contributed by atoms with Gasteiger partial charge < -0.3 is 9.57 Å². The van der Waals surface area contributed by atoms with E-state index in [0.717, 1.165) is 20.2 Å². The Hall–Kier alpha value is -2.76. The average Bonchev–Trinajstić information content (AvgIpc) is 3.25. The lowest BCUT2D eigenvalue weighted by molar-refractivity contribution is -0.278. The summed E-state index contributed by atoms with van der Waals surface area (Å²) in [7, 11) is 2.04. The van der Waals surface area contributed by atoms with Gasteiger partial charge in [-0.2, -0.15) is 31.4 Å². The highest BCUT2D eigenvalue weighted by Gasteiger charge is 2.64. The lowest BCUT2D eigenvalue weighted by Gasteiger charge is -2.28. The highest BCUT2D eigenvalue weighted by Crippen LogP contribution is 2.49. The fourth-order valence-corrected chi connectivity index (χ4v) is 3.17. The van der Waals surface area contributed by atoms with Crippen LogP contribution < -0.4 is 0 Å². The van der Waals surface area contributed by atoms with Crippen molar-refractivity contribution < 1.29 is 40.7 Å². The monoisotopic (exact) mass is 455 g/mol. The maximum Gasteiger partial charge on any atom is 0.437 e. The Morgan fingerprint density at radius 2 is 1.90 bits per heavy atom. The summed E-state index contributed by atoms with van der Waals surface area (Å²) in [6.45, 7) is 0. The van der Waals surface area contributed by atoms with Gasteiger partial charge in [-0.3, -0.25) is 4.68 Å². The molecule has 0 aliphatic carbocycles. The summed E-state index contributed by atoms with van der Waals surface area (Å²) in [6.07, 6.45) is -11.0. The van der Waals surface area contributed by atoms with E-state index in [9.17, 15) is 31.1 Å². The van der Waals surface area contributed by atoms with Crippen molar-refractivity contribution in [2.75, 3.05) is 7.11 Å². The minimum absolute atomic E-state index is 0.00588. The molecule has 0 saturated heterocycles. The van der Waals surface area contributed by atoms with E-state index in [1.54, 1.807) is 0 Å². The van der Waals surface area contributed by atoms with Crippen LogP contribution in [-0.2, 0) is 28.4 Å². The van der Waals surface area contributed by atoms with Gasteiger partial charge in [0.2, 0.25) is 0 Å². The molecule has 13 heteroatoms. The van der Waals surface area contributed by atoms with Crippen molar-refractivity contribution >= 4 is 23.3 Å². The van der Waals surface area contributed by atoms with E-state index < -0.39 is 41.7 Å². The smallest absolute Gasteiger partial charge is 0.437 e. The maximum atomic E-state index is 14.0. The fraction of sp³-hybridized carbons (Fsp3) is 0.353. The van der Waals surface area contributed by atoms with Crippen molar-refractivity contribution in [2.45, 2.75) is 24.4 Å². The summed E-state index contributed by atoms with van der Waals surface area (Å²) in [5, 5.41) is 6.57. The Bertz CT molecular complexity index is 1030. The molecular weight excluding hydrogens is 444 g/mol. The maximum absolute atomic E-state index is 14.0. The number of hydrogen-bond acceptors (Lipinski definition) is 5. The first-order valence-electron chi connectivity index (χ1n) is 8.12. The van der Waals surface area contributed by atoms with Crippen LogP contribution in [0.5, 0.6) is 0 Å². The standard InChI is InChI=1S/C17H12ClF6N3O3/c1-27-13(6-12(25-27)16(19,20)21)15(17(22,23)24)7-11(26-30-15)8-3-4-10(18)9(5-8)14(28)29-2/h3-6H,7H2,1-2H3. The van der Waals surface area contributed by atoms with Crippen molar-refractivity contribution in [3.05, 3.63) is 51.8 Å². The molecular formula is C17H12ClF6N3O3. The molecule has 162 valence electrons. The number of aromatic nitrogens is 2. The molecule has 0 saturated carbocycles. The van der Waals surface area contributed by atoms with Crippen molar-refractivity contribution in [3.63, 3.8) is 0 Å². The molecule has 0 amide bonds. The molecule has 1 unspecified atom stereocenters. The number of aryl methyl sites for hydroxylation is 1. The summed E-state index contributed by atoms with van der Waals surface area (Å²) in [6, 6.07) is 3.99. The van der Waals surface area contributed by atoms with Crippen LogP contribution in [0.4, 0.5) is 26.3 Å². The quantitative estimate of drug-likeness (QED) is 0.506. The van der Waals surface area contributed by atoms with E-state index in [0.29, 0.717) is 4.68 Å². The summed E-state index contributed by atoms with van der Waals surface area (Å²) in [5.41, 5.74) is -5.88.